The minimum absolute atomic E-state index is 0.0141. The predicted octanol–water partition coefficient (Wildman–Crippen LogP) is 1.17. The van der Waals surface area contributed by atoms with Gasteiger partial charge in [0.25, 0.3) is 0 Å². The monoisotopic (exact) mass is 240 g/mol. The van der Waals surface area contributed by atoms with Gasteiger partial charge in [-0.1, -0.05) is 0 Å². The number of carboxylic acids is 1. The van der Waals surface area contributed by atoms with Gasteiger partial charge in [0.2, 0.25) is 5.88 Å². The summed E-state index contributed by atoms with van der Waals surface area (Å²) in [4.78, 5) is 14.7. The number of pyridine rings is 1. The zero-order chi connectivity index (χ0) is 12.8. The first-order chi connectivity index (χ1) is 8.02. The molecule has 6 heteroatoms. The molecule has 17 heavy (non-hydrogen) atoms. The number of nitrogen functional groups attached to an aromatic ring is 1. The van der Waals surface area contributed by atoms with Gasteiger partial charge in [-0.05, 0) is 19.9 Å². The zero-order valence-corrected chi connectivity index (χ0v) is 9.84. The SMILES string of the molecule is CC(C)OCCOc1nccc(C(=O)O)c1N. The van der Waals surface area contributed by atoms with Crippen molar-refractivity contribution >= 4 is 11.7 Å². The van der Waals surface area contributed by atoms with Crippen LogP contribution in [0.15, 0.2) is 12.3 Å². The fourth-order valence-electron chi connectivity index (χ4n) is 1.18. The lowest BCUT2D eigenvalue weighted by Crippen LogP contribution is -2.13. The van der Waals surface area contributed by atoms with E-state index in [2.05, 4.69) is 4.98 Å². The largest absolute Gasteiger partial charge is 0.478 e. The minimum Gasteiger partial charge on any atom is -0.478 e. The van der Waals surface area contributed by atoms with Crippen molar-refractivity contribution in [2.45, 2.75) is 20.0 Å². The first-order valence-electron chi connectivity index (χ1n) is 5.24. The normalized spacial score (nSPS) is 10.5. The number of hydrogen-bond acceptors (Lipinski definition) is 5. The van der Waals surface area contributed by atoms with Gasteiger partial charge in [-0.2, -0.15) is 0 Å². The van der Waals surface area contributed by atoms with Crippen molar-refractivity contribution < 1.29 is 19.4 Å². The van der Waals surface area contributed by atoms with Gasteiger partial charge in [0, 0.05) is 6.20 Å². The lowest BCUT2D eigenvalue weighted by Gasteiger charge is -2.10. The Morgan fingerprint density at radius 1 is 1.53 bits per heavy atom. The Kier molecular flexibility index (Phi) is 4.71. The second-order valence-corrected chi connectivity index (χ2v) is 3.65. The first kappa shape index (κ1) is 13.2. The smallest absolute Gasteiger partial charge is 0.338 e. The van der Waals surface area contributed by atoms with Crippen LogP contribution in [0.5, 0.6) is 5.88 Å². The molecule has 0 aromatic carbocycles. The number of aromatic carboxylic acids is 1. The van der Waals surface area contributed by atoms with E-state index >= 15 is 0 Å². The Hall–Kier alpha value is -1.82. The van der Waals surface area contributed by atoms with E-state index in [0.717, 1.165) is 0 Å². The molecule has 0 bridgehead atoms. The molecule has 0 aliphatic carbocycles. The van der Waals surface area contributed by atoms with E-state index < -0.39 is 5.97 Å². The van der Waals surface area contributed by atoms with Crippen LogP contribution < -0.4 is 10.5 Å². The van der Waals surface area contributed by atoms with E-state index in [-0.39, 0.29) is 29.8 Å². The third kappa shape index (κ3) is 3.92. The molecule has 1 heterocycles. The highest BCUT2D eigenvalue weighted by Crippen LogP contribution is 2.21. The fraction of sp³-hybridized carbons (Fsp3) is 0.455. The lowest BCUT2D eigenvalue weighted by molar-refractivity contribution is 0.0544. The van der Waals surface area contributed by atoms with Crippen molar-refractivity contribution in [3.05, 3.63) is 17.8 Å². The van der Waals surface area contributed by atoms with Gasteiger partial charge in [-0.25, -0.2) is 9.78 Å². The number of carbonyl (C=O) groups is 1. The van der Waals surface area contributed by atoms with Crippen molar-refractivity contribution in [2.75, 3.05) is 18.9 Å². The number of anilines is 1. The molecule has 6 nitrogen and oxygen atoms in total. The maximum atomic E-state index is 10.8. The van der Waals surface area contributed by atoms with Crippen molar-refractivity contribution in [2.24, 2.45) is 0 Å². The van der Waals surface area contributed by atoms with Crippen LogP contribution in [0, 0.1) is 0 Å². The summed E-state index contributed by atoms with van der Waals surface area (Å²) in [7, 11) is 0. The number of carboxylic acid groups (broad SMARTS) is 1. The molecule has 0 saturated carbocycles. The molecule has 1 rings (SSSR count). The van der Waals surface area contributed by atoms with Crippen LogP contribution in [0.2, 0.25) is 0 Å². The van der Waals surface area contributed by atoms with Crippen LogP contribution in [0.1, 0.15) is 24.2 Å². The number of hydrogen-bond donors (Lipinski definition) is 2. The summed E-state index contributed by atoms with van der Waals surface area (Å²) in [5, 5.41) is 8.85. The lowest BCUT2D eigenvalue weighted by atomic mass is 10.2. The Balaban J connectivity index is 2.59. The predicted molar refractivity (Wildman–Crippen MR) is 62.2 cm³/mol. The van der Waals surface area contributed by atoms with Crippen LogP contribution in [0.25, 0.3) is 0 Å². The van der Waals surface area contributed by atoms with Gasteiger partial charge in [-0.15, -0.1) is 0 Å². The Morgan fingerprint density at radius 3 is 2.82 bits per heavy atom. The van der Waals surface area contributed by atoms with Crippen molar-refractivity contribution in [3.63, 3.8) is 0 Å². The molecule has 3 N–H and O–H groups in total. The standard InChI is InChI=1S/C11H16N2O4/c1-7(2)16-5-6-17-10-9(12)8(11(14)15)3-4-13-10/h3-4,7H,5-6,12H2,1-2H3,(H,14,15). The molecule has 0 radical (unpaired) electrons. The summed E-state index contributed by atoms with van der Waals surface area (Å²) in [6, 6.07) is 1.33. The van der Waals surface area contributed by atoms with Crippen molar-refractivity contribution in [1.29, 1.82) is 0 Å². The van der Waals surface area contributed by atoms with Gasteiger partial charge in [0.05, 0.1) is 18.3 Å². The van der Waals surface area contributed by atoms with Gasteiger partial charge in [-0.3, -0.25) is 0 Å². The first-order valence-corrected chi connectivity index (χ1v) is 5.24. The molecular formula is C11H16N2O4. The molecule has 0 fully saturated rings. The molecule has 0 spiro atoms. The number of aromatic nitrogens is 1. The molecule has 0 amide bonds. The summed E-state index contributed by atoms with van der Waals surface area (Å²) >= 11 is 0. The van der Waals surface area contributed by atoms with Crippen LogP contribution in [-0.2, 0) is 4.74 Å². The maximum Gasteiger partial charge on any atom is 0.338 e. The summed E-state index contributed by atoms with van der Waals surface area (Å²) in [5.74, 6) is -0.981. The summed E-state index contributed by atoms with van der Waals surface area (Å²) in [5.41, 5.74) is 5.64. The van der Waals surface area contributed by atoms with E-state index in [1.165, 1.54) is 12.3 Å². The maximum absolute atomic E-state index is 10.8. The van der Waals surface area contributed by atoms with Gasteiger partial charge in [0.15, 0.2) is 0 Å². The second-order valence-electron chi connectivity index (χ2n) is 3.65. The molecule has 0 saturated heterocycles. The summed E-state index contributed by atoms with van der Waals surface area (Å²) in [6.07, 6.45) is 1.47. The van der Waals surface area contributed by atoms with Gasteiger partial charge in [0.1, 0.15) is 12.3 Å². The highest BCUT2D eigenvalue weighted by atomic mass is 16.5. The van der Waals surface area contributed by atoms with E-state index in [0.29, 0.717) is 6.61 Å². The minimum atomic E-state index is -1.10. The van der Waals surface area contributed by atoms with Crippen LogP contribution in [0.4, 0.5) is 5.69 Å². The van der Waals surface area contributed by atoms with Crippen LogP contribution in [0.3, 0.4) is 0 Å². The second kappa shape index (κ2) is 6.05. The number of nitrogens with zero attached hydrogens (tertiary/aromatic N) is 1. The fourth-order valence-corrected chi connectivity index (χ4v) is 1.18. The van der Waals surface area contributed by atoms with Gasteiger partial charge < -0.3 is 20.3 Å². The molecule has 1 aromatic rings. The van der Waals surface area contributed by atoms with Crippen molar-refractivity contribution in [1.82, 2.24) is 4.98 Å². The Labute approximate surface area is 99.4 Å². The molecule has 1 aromatic heterocycles. The van der Waals surface area contributed by atoms with Crippen LogP contribution in [-0.4, -0.2) is 35.4 Å². The van der Waals surface area contributed by atoms with Crippen LogP contribution >= 0.6 is 0 Å². The summed E-state index contributed by atoms with van der Waals surface area (Å²) in [6.45, 7) is 4.50. The third-order valence-electron chi connectivity index (χ3n) is 1.96. The molecule has 0 unspecified atom stereocenters. The molecule has 94 valence electrons. The summed E-state index contributed by atoms with van der Waals surface area (Å²) < 4.78 is 10.5. The van der Waals surface area contributed by atoms with E-state index in [1.54, 1.807) is 0 Å². The third-order valence-corrected chi connectivity index (χ3v) is 1.96. The molecule has 0 atom stereocenters. The average Bonchev–Trinajstić information content (AvgIpc) is 2.25. The Morgan fingerprint density at radius 2 is 2.24 bits per heavy atom. The highest BCUT2D eigenvalue weighted by molar-refractivity contribution is 5.94. The van der Waals surface area contributed by atoms with E-state index in [9.17, 15) is 4.79 Å². The van der Waals surface area contributed by atoms with Crippen molar-refractivity contribution in [3.8, 4) is 5.88 Å². The van der Waals surface area contributed by atoms with Gasteiger partial charge >= 0.3 is 5.97 Å². The number of nitrogens with two attached hydrogens (primary N) is 1. The average molecular weight is 240 g/mol. The topological polar surface area (TPSA) is 94.7 Å². The zero-order valence-electron chi connectivity index (χ0n) is 9.84. The highest BCUT2D eigenvalue weighted by Gasteiger charge is 2.13. The van der Waals surface area contributed by atoms with E-state index in [4.69, 9.17) is 20.3 Å². The number of ether oxygens (including phenoxy) is 2. The molecule has 0 aliphatic heterocycles. The quantitative estimate of drug-likeness (QED) is 0.725. The molecule has 0 aliphatic rings. The Bertz CT molecular complexity index is 393. The number of rotatable bonds is 6. The molecular weight excluding hydrogens is 224 g/mol. The van der Waals surface area contributed by atoms with E-state index in [1.807, 2.05) is 13.8 Å².